The van der Waals surface area contributed by atoms with Gasteiger partial charge in [0.2, 0.25) is 5.56 Å². The SMILES string of the molecule is CCCN(C(=O)c1ccc(=O)n(C)c1)[C@@H]1C[C@@H](OCC)C1(C)C. The Morgan fingerprint density at radius 1 is 1.39 bits per heavy atom. The number of hydrogen-bond acceptors (Lipinski definition) is 3. The summed E-state index contributed by atoms with van der Waals surface area (Å²) in [6.07, 6.45) is 3.60. The van der Waals surface area contributed by atoms with Gasteiger partial charge in [0.15, 0.2) is 0 Å². The number of carbonyl (C=O) groups is 1. The van der Waals surface area contributed by atoms with E-state index in [1.54, 1.807) is 19.3 Å². The van der Waals surface area contributed by atoms with E-state index in [-0.39, 0.29) is 29.0 Å². The zero-order chi connectivity index (χ0) is 17.2. The Labute approximate surface area is 138 Å². The molecule has 1 aliphatic carbocycles. The molecular weight excluding hydrogens is 292 g/mol. The summed E-state index contributed by atoms with van der Waals surface area (Å²) >= 11 is 0. The Balaban J connectivity index is 2.23. The van der Waals surface area contributed by atoms with Gasteiger partial charge in [0.25, 0.3) is 5.91 Å². The number of aryl methyl sites for hydroxylation is 1. The summed E-state index contributed by atoms with van der Waals surface area (Å²) < 4.78 is 7.24. The highest BCUT2D eigenvalue weighted by Gasteiger charge is 2.52. The molecule has 128 valence electrons. The Bertz CT molecular complexity index is 621. The number of carbonyl (C=O) groups excluding carboxylic acids is 1. The maximum Gasteiger partial charge on any atom is 0.255 e. The normalized spacial score (nSPS) is 22.5. The lowest BCUT2D eigenvalue weighted by molar-refractivity contribution is -0.140. The van der Waals surface area contributed by atoms with Gasteiger partial charge >= 0.3 is 0 Å². The van der Waals surface area contributed by atoms with Crippen LogP contribution < -0.4 is 5.56 Å². The first-order chi connectivity index (χ1) is 10.8. The molecule has 0 bridgehead atoms. The van der Waals surface area contributed by atoms with E-state index in [1.807, 2.05) is 11.8 Å². The third-order valence-corrected chi connectivity index (χ3v) is 4.93. The van der Waals surface area contributed by atoms with Crippen LogP contribution in [0, 0.1) is 5.41 Å². The molecule has 0 unspecified atom stereocenters. The lowest BCUT2D eigenvalue weighted by atomic mass is 9.63. The molecule has 1 aromatic heterocycles. The second-order valence-electron chi connectivity index (χ2n) is 6.88. The number of hydrogen-bond donors (Lipinski definition) is 0. The van der Waals surface area contributed by atoms with Crippen molar-refractivity contribution in [3.05, 3.63) is 34.2 Å². The van der Waals surface area contributed by atoms with E-state index >= 15 is 0 Å². The molecule has 1 aliphatic rings. The Morgan fingerprint density at radius 2 is 2.09 bits per heavy atom. The van der Waals surface area contributed by atoms with E-state index in [2.05, 4.69) is 20.8 Å². The number of ether oxygens (including phenoxy) is 1. The first kappa shape index (κ1) is 17.7. The van der Waals surface area contributed by atoms with Crippen LogP contribution in [0.5, 0.6) is 0 Å². The van der Waals surface area contributed by atoms with Gasteiger partial charge in [0.1, 0.15) is 0 Å². The summed E-state index contributed by atoms with van der Waals surface area (Å²) in [5.74, 6) is -0.00419. The molecule has 1 saturated carbocycles. The van der Waals surface area contributed by atoms with E-state index in [0.717, 1.165) is 12.8 Å². The molecule has 0 radical (unpaired) electrons. The average Bonchev–Trinajstić information content (AvgIpc) is 2.51. The molecule has 0 saturated heterocycles. The standard InChI is InChI=1S/C18H28N2O3/c1-6-10-20(14-11-15(23-7-2)18(14,3)4)17(22)13-8-9-16(21)19(5)12-13/h8-9,12,14-15H,6-7,10-11H2,1-5H3/t14-,15-/m1/s1. The first-order valence-corrected chi connectivity index (χ1v) is 8.42. The molecule has 1 amide bonds. The van der Waals surface area contributed by atoms with Crippen LogP contribution in [0.2, 0.25) is 0 Å². The van der Waals surface area contributed by atoms with Crippen LogP contribution in [-0.4, -0.2) is 40.7 Å². The Kier molecular flexibility index (Phi) is 5.30. The second-order valence-corrected chi connectivity index (χ2v) is 6.88. The topological polar surface area (TPSA) is 51.5 Å². The number of rotatable bonds is 6. The molecule has 0 spiro atoms. The lowest BCUT2D eigenvalue weighted by Crippen LogP contribution is -2.63. The van der Waals surface area contributed by atoms with E-state index < -0.39 is 0 Å². The number of amides is 1. The minimum absolute atomic E-state index is 0.00419. The van der Waals surface area contributed by atoms with E-state index in [1.165, 1.54) is 10.6 Å². The lowest BCUT2D eigenvalue weighted by Gasteiger charge is -2.55. The smallest absolute Gasteiger partial charge is 0.255 e. The first-order valence-electron chi connectivity index (χ1n) is 8.42. The van der Waals surface area contributed by atoms with E-state index in [0.29, 0.717) is 18.7 Å². The Hall–Kier alpha value is -1.62. The molecule has 2 atom stereocenters. The largest absolute Gasteiger partial charge is 0.378 e. The summed E-state index contributed by atoms with van der Waals surface area (Å²) in [6.45, 7) is 9.82. The highest BCUT2D eigenvalue weighted by atomic mass is 16.5. The molecule has 23 heavy (non-hydrogen) atoms. The average molecular weight is 320 g/mol. The van der Waals surface area contributed by atoms with Crippen LogP contribution in [0.15, 0.2) is 23.1 Å². The maximum absolute atomic E-state index is 13.0. The molecule has 0 aromatic carbocycles. The van der Waals surface area contributed by atoms with E-state index in [4.69, 9.17) is 4.74 Å². The fourth-order valence-electron chi connectivity index (χ4n) is 3.40. The van der Waals surface area contributed by atoms with Crippen LogP contribution in [0.25, 0.3) is 0 Å². The van der Waals surface area contributed by atoms with Gasteiger partial charge in [-0.2, -0.15) is 0 Å². The molecule has 1 heterocycles. The zero-order valence-electron chi connectivity index (χ0n) is 14.8. The van der Waals surface area contributed by atoms with Crippen molar-refractivity contribution in [2.45, 2.75) is 52.7 Å². The third kappa shape index (κ3) is 3.34. The van der Waals surface area contributed by atoms with Gasteiger partial charge in [-0.25, -0.2) is 0 Å². The van der Waals surface area contributed by atoms with Crippen molar-refractivity contribution >= 4 is 5.91 Å². The van der Waals surface area contributed by atoms with Gasteiger partial charge < -0.3 is 14.2 Å². The van der Waals surface area contributed by atoms with Gasteiger partial charge in [0.05, 0.1) is 11.7 Å². The van der Waals surface area contributed by atoms with Crippen molar-refractivity contribution in [2.24, 2.45) is 12.5 Å². The van der Waals surface area contributed by atoms with Crippen LogP contribution in [0.1, 0.15) is 50.9 Å². The van der Waals surface area contributed by atoms with Crippen LogP contribution in [-0.2, 0) is 11.8 Å². The number of aromatic nitrogens is 1. The van der Waals surface area contributed by atoms with Crippen molar-refractivity contribution in [3.8, 4) is 0 Å². The highest BCUT2D eigenvalue weighted by molar-refractivity contribution is 5.94. The molecule has 5 nitrogen and oxygen atoms in total. The summed E-state index contributed by atoms with van der Waals surface area (Å²) in [4.78, 5) is 26.4. The van der Waals surface area contributed by atoms with Crippen molar-refractivity contribution in [3.63, 3.8) is 0 Å². The van der Waals surface area contributed by atoms with Gasteiger partial charge in [-0.15, -0.1) is 0 Å². The zero-order valence-corrected chi connectivity index (χ0v) is 14.8. The minimum atomic E-state index is -0.107. The summed E-state index contributed by atoms with van der Waals surface area (Å²) in [6, 6.07) is 3.24. The van der Waals surface area contributed by atoms with Crippen molar-refractivity contribution in [1.82, 2.24) is 9.47 Å². The quantitative estimate of drug-likeness (QED) is 0.809. The molecular formula is C18H28N2O3. The van der Waals surface area contributed by atoms with E-state index in [9.17, 15) is 9.59 Å². The molecule has 0 aliphatic heterocycles. The third-order valence-electron chi connectivity index (χ3n) is 4.93. The van der Waals surface area contributed by atoms with Crippen LogP contribution in [0.3, 0.4) is 0 Å². The molecule has 5 heteroatoms. The van der Waals surface area contributed by atoms with Crippen molar-refractivity contribution < 1.29 is 9.53 Å². The van der Waals surface area contributed by atoms with Gasteiger partial charge in [0, 0.05) is 43.9 Å². The summed E-state index contributed by atoms with van der Waals surface area (Å²) in [5, 5.41) is 0. The number of nitrogens with zero attached hydrogens (tertiary/aromatic N) is 2. The highest BCUT2D eigenvalue weighted by Crippen LogP contribution is 2.46. The van der Waals surface area contributed by atoms with Gasteiger partial charge in [-0.3, -0.25) is 9.59 Å². The van der Waals surface area contributed by atoms with Crippen molar-refractivity contribution in [2.75, 3.05) is 13.2 Å². The predicted octanol–water partition coefficient (Wildman–Crippen LogP) is 2.44. The van der Waals surface area contributed by atoms with Gasteiger partial charge in [-0.1, -0.05) is 20.8 Å². The minimum Gasteiger partial charge on any atom is -0.378 e. The fourth-order valence-corrected chi connectivity index (χ4v) is 3.40. The Morgan fingerprint density at radius 3 is 2.61 bits per heavy atom. The molecule has 1 fully saturated rings. The van der Waals surface area contributed by atoms with Crippen LogP contribution in [0.4, 0.5) is 0 Å². The fraction of sp³-hybridized carbons (Fsp3) is 0.667. The second kappa shape index (κ2) is 6.87. The molecule has 0 N–H and O–H groups in total. The monoisotopic (exact) mass is 320 g/mol. The predicted molar refractivity (Wildman–Crippen MR) is 90.6 cm³/mol. The summed E-state index contributed by atoms with van der Waals surface area (Å²) in [5.41, 5.74) is 0.404. The number of pyridine rings is 1. The summed E-state index contributed by atoms with van der Waals surface area (Å²) in [7, 11) is 1.67. The molecule has 2 rings (SSSR count). The maximum atomic E-state index is 13.0. The van der Waals surface area contributed by atoms with Crippen LogP contribution >= 0.6 is 0 Å². The van der Waals surface area contributed by atoms with Gasteiger partial charge in [-0.05, 0) is 25.8 Å². The van der Waals surface area contributed by atoms with Crippen molar-refractivity contribution in [1.29, 1.82) is 0 Å². The molecule has 1 aromatic rings.